The Morgan fingerprint density at radius 3 is 2.77 bits per heavy atom. The number of carbonyl (C=O) groups is 1. The number of carbonyl (C=O) groups excluding carboxylic acids is 1. The molecule has 0 unspecified atom stereocenters. The number of nitrogens with one attached hydrogen (secondary N) is 1. The number of morpholine rings is 1. The Balaban J connectivity index is 1.51. The summed E-state index contributed by atoms with van der Waals surface area (Å²) in [4.78, 5) is 16.9. The molecule has 1 aromatic heterocycles. The summed E-state index contributed by atoms with van der Waals surface area (Å²) in [5.74, 6) is 0.670. The fourth-order valence-electron chi connectivity index (χ4n) is 3.46. The van der Waals surface area contributed by atoms with Crippen molar-refractivity contribution in [2.24, 2.45) is 0 Å². The zero-order valence-corrected chi connectivity index (χ0v) is 17.0. The lowest BCUT2D eigenvalue weighted by Gasteiger charge is -2.29. The van der Waals surface area contributed by atoms with Gasteiger partial charge in [0.05, 0.1) is 24.3 Å². The van der Waals surface area contributed by atoms with Crippen molar-refractivity contribution >= 4 is 28.6 Å². The predicted molar refractivity (Wildman–Crippen MR) is 115 cm³/mol. The summed E-state index contributed by atoms with van der Waals surface area (Å²) in [5.41, 5.74) is 2.28. The van der Waals surface area contributed by atoms with Crippen LogP contribution in [0.15, 0.2) is 53.1 Å². The number of hydrogen-bond acceptors (Lipinski definition) is 7. The number of rotatable bonds is 7. The molecule has 2 heterocycles. The number of ether oxygens (including phenoxy) is 2. The van der Waals surface area contributed by atoms with Crippen LogP contribution in [-0.2, 0) is 16.1 Å². The minimum absolute atomic E-state index is 0.224. The van der Waals surface area contributed by atoms with Crippen LogP contribution in [0.2, 0.25) is 0 Å². The topological polar surface area (TPSA) is 80.1 Å². The summed E-state index contributed by atoms with van der Waals surface area (Å²) >= 11 is 0. The Morgan fingerprint density at radius 2 is 2.00 bits per heavy atom. The van der Waals surface area contributed by atoms with Crippen molar-refractivity contribution in [3.63, 3.8) is 0 Å². The summed E-state index contributed by atoms with van der Waals surface area (Å²) in [6.07, 6.45) is -0.389. The Hall–Kier alpha value is -3.10. The fraction of sp³-hybridized carbons (Fsp3) is 0.364. The Bertz CT molecular complexity index is 970. The van der Waals surface area contributed by atoms with Crippen molar-refractivity contribution in [2.75, 3.05) is 56.7 Å². The van der Waals surface area contributed by atoms with E-state index in [1.165, 1.54) is 0 Å². The van der Waals surface area contributed by atoms with E-state index in [1.807, 2.05) is 48.5 Å². The molecular weight excluding hydrogens is 384 g/mol. The fourth-order valence-corrected chi connectivity index (χ4v) is 3.46. The predicted octanol–water partition coefficient (Wildman–Crippen LogP) is 3.34. The zero-order chi connectivity index (χ0) is 20.8. The highest BCUT2D eigenvalue weighted by Gasteiger charge is 2.21. The smallest absolute Gasteiger partial charge is 0.414 e. The third kappa shape index (κ3) is 4.72. The van der Waals surface area contributed by atoms with Gasteiger partial charge in [0.2, 0.25) is 0 Å². The van der Waals surface area contributed by atoms with Gasteiger partial charge in [0.15, 0.2) is 11.4 Å². The summed E-state index contributed by atoms with van der Waals surface area (Å²) in [7, 11) is 1.79. The second-order valence-electron chi connectivity index (χ2n) is 7.11. The molecular formula is C22H26N4O4. The molecule has 30 heavy (non-hydrogen) atoms. The van der Waals surface area contributed by atoms with Crippen LogP contribution in [-0.4, -0.2) is 62.6 Å². The highest BCUT2D eigenvalue weighted by Crippen LogP contribution is 2.27. The van der Waals surface area contributed by atoms with Crippen LogP contribution in [0, 0.1) is 0 Å². The van der Waals surface area contributed by atoms with Crippen molar-refractivity contribution in [1.29, 1.82) is 0 Å². The third-order valence-electron chi connectivity index (χ3n) is 5.17. The highest BCUT2D eigenvalue weighted by atomic mass is 16.6. The first-order valence-electron chi connectivity index (χ1n) is 10.1. The lowest BCUT2D eigenvalue weighted by molar-refractivity contribution is 0.0390. The van der Waals surface area contributed by atoms with Crippen molar-refractivity contribution in [3.8, 4) is 0 Å². The Kier molecular flexibility index (Phi) is 6.46. The van der Waals surface area contributed by atoms with Crippen LogP contribution in [0.5, 0.6) is 0 Å². The van der Waals surface area contributed by atoms with E-state index < -0.39 is 0 Å². The first-order chi connectivity index (χ1) is 14.7. The lowest BCUT2D eigenvalue weighted by Crippen LogP contribution is -2.43. The second-order valence-corrected chi connectivity index (χ2v) is 7.11. The number of hydrogen-bond donors (Lipinski definition) is 1. The van der Waals surface area contributed by atoms with E-state index >= 15 is 0 Å². The van der Waals surface area contributed by atoms with E-state index in [4.69, 9.17) is 14.0 Å². The molecule has 0 spiro atoms. The van der Waals surface area contributed by atoms with E-state index in [2.05, 4.69) is 15.4 Å². The van der Waals surface area contributed by atoms with Crippen LogP contribution in [0.4, 0.5) is 16.3 Å². The van der Waals surface area contributed by atoms with Crippen LogP contribution < -0.4 is 10.2 Å². The van der Waals surface area contributed by atoms with Gasteiger partial charge in [-0.05, 0) is 17.7 Å². The van der Waals surface area contributed by atoms with Gasteiger partial charge in [-0.2, -0.15) is 0 Å². The number of nitrogens with zero attached hydrogens (tertiary/aromatic N) is 3. The van der Waals surface area contributed by atoms with Crippen LogP contribution in [0.25, 0.3) is 11.0 Å². The van der Waals surface area contributed by atoms with E-state index in [9.17, 15) is 4.79 Å². The standard InChI is InChI=1S/C22H26N4O4/c1-23-21-19-8-7-18(15-20(19)30-24-21)26(10-9-25-11-13-28-14-12-25)22(27)29-16-17-5-3-2-4-6-17/h2-8,15H,9-14,16H2,1H3,(H,23,24). The summed E-state index contributed by atoms with van der Waals surface area (Å²) in [6, 6.07) is 15.3. The average Bonchev–Trinajstić information content (AvgIpc) is 3.22. The van der Waals surface area contributed by atoms with Gasteiger partial charge in [-0.3, -0.25) is 9.80 Å². The lowest BCUT2D eigenvalue weighted by atomic mass is 10.2. The minimum Gasteiger partial charge on any atom is -0.444 e. The molecule has 8 heteroatoms. The number of benzene rings is 2. The first kappa shape index (κ1) is 20.2. The SMILES string of the molecule is CNc1noc2cc(N(CCN3CCOCC3)C(=O)OCc3ccccc3)ccc12. The van der Waals surface area contributed by atoms with Crippen LogP contribution >= 0.6 is 0 Å². The molecule has 2 aromatic carbocycles. The molecule has 1 N–H and O–H groups in total. The van der Waals surface area contributed by atoms with E-state index in [1.54, 1.807) is 11.9 Å². The van der Waals surface area contributed by atoms with Crippen molar-refractivity contribution in [2.45, 2.75) is 6.61 Å². The summed E-state index contributed by atoms with van der Waals surface area (Å²) < 4.78 is 16.4. The quantitative estimate of drug-likeness (QED) is 0.640. The van der Waals surface area contributed by atoms with Gasteiger partial charge >= 0.3 is 6.09 Å². The number of fused-ring (bicyclic) bond motifs is 1. The zero-order valence-electron chi connectivity index (χ0n) is 17.0. The maximum atomic E-state index is 13.0. The largest absolute Gasteiger partial charge is 0.444 e. The van der Waals surface area contributed by atoms with Gasteiger partial charge in [0, 0.05) is 39.3 Å². The molecule has 0 saturated carbocycles. The molecule has 1 fully saturated rings. The summed E-state index contributed by atoms with van der Waals surface area (Å²) in [6.45, 7) is 4.62. The van der Waals surface area contributed by atoms with Gasteiger partial charge in [-0.25, -0.2) is 4.79 Å². The maximum absolute atomic E-state index is 13.0. The molecule has 158 valence electrons. The van der Waals surface area contributed by atoms with Gasteiger partial charge in [-0.1, -0.05) is 35.5 Å². The minimum atomic E-state index is -0.389. The molecule has 0 aliphatic carbocycles. The maximum Gasteiger partial charge on any atom is 0.414 e. The summed E-state index contributed by atoms with van der Waals surface area (Å²) in [5, 5.41) is 7.88. The van der Waals surface area contributed by atoms with E-state index in [0.717, 1.165) is 43.8 Å². The van der Waals surface area contributed by atoms with E-state index in [-0.39, 0.29) is 12.7 Å². The molecule has 3 aromatic rings. The normalized spacial score (nSPS) is 14.6. The van der Waals surface area contributed by atoms with Crippen molar-refractivity contribution < 1.29 is 18.8 Å². The monoisotopic (exact) mass is 410 g/mol. The molecule has 1 aliphatic rings. The third-order valence-corrected chi connectivity index (χ3v) is 5.17. The molecule has 0 radical (unpaired) electrons. The molecule has 4 rings (SSSR count). The van der Waals surface area contributed by atoms with E-state index in [0.29, 0.717) is 23.6 Å². The number of aromatic nitrogens is 1. The van der Waals surface area contributed by atoms with Gasteiger partial charge in [0.1, 0.15) is 6.61 Å². The van der Waals surface area contributed by atoms with Crippen molar-refractivity contribution in [3.05, 3.63) is 54.1 Å². The van der Waals surface area contributed by atoms with Crippen LogP contribution in [0.1, 0.15) is 5.56 Å². The van der Waals surface area contributed by atoms with Gasteiger partial charge in [0.25, 0.3) is 0 Å². The molecule has 1 saturated heterocycles. The molecule has 8 nitrogen and oxygen atoms in total. The first-order valence-corrected chi connectivity index (χ1v) is 10.1. The number of anilines is 2. The average molecular weight is 410 g/mol. The molecule has 0 atom stereocenters. The molecule has 0 bridgehead atoms. The Morgan fingerprint density at radius 1 is 1.20 bits per heavy atom. The second kappa shape index (κ2) is 9.60. The molecule has 1 aliphatic heterocycles. The van der Waals surface area contributed by atoms with Gasteiger partial charge < -0.3 is 19.3 Å². The highest BCUT2D eigenvalue weighted by molar-refractivity contribution is 5.94. The van der Waals surface area contributed by atoms with Crippen LogP contribution in [0.3, 0.4) is 0 Å². The molecule has 1 amide bonds. The number of amides is 1. The Labute approximate surface area is 175 Å². The van der Waals surface area contributed by atoms with Gasteiger partial charge in [-0.15, -0.1) is 0 Å². The van der Waals surface area contributed by atoms with Crippen molar-refractivity contribution in [1.82, 2.24) is 10.1 Å².